The quantitative estimate of drug-likeness (QED) is 0.770. The molecule has 0 radical (unpaired) electrons. The first-order chi connectivity index (χ1) is 11.2. The van der Waals surface area contributed by atoms with E-state index in [-0.39, 0.29) is 6.10 Å². The number of nitrogen functional groups attached to an aromatic ring is 1. The number of aliphatic hydroxyl groups excluding tert-OH is 1. The molecule has 2 aliphatic rings. The van der Waals surface area contributed by atoms with Crippen LogP contribution in [-0.4, -0.2) is 55.2 Å². The molecule has 2 atom stereocenters. The van der Waals surface area contributed by atoms with Gasteiger partial charge in [-0.2, -0.15) is 11.8 Å². The number of nitrogens with two attached hydrogens (primary N) is 1. The summed E-state index contributed by atoms with van der Waals surface area (Å²) in [4.78, 5) is 13.8. The Bertz CT molecular complexity index is 686. The van der Waals surface area contributed by atoms with Gasteiger partial charge in [0.25, 0.3) is 0 Å². The molecule has 4 rings (SSSR count). The SMILES string of the molecule is Nc1ncnc2c(CN3C[C@H](CSC4CCC4)[C@H](O)C3)c[nH]c12. The normalized spacial score (nSPS) is 26.0. The van der Waals surface area contributed by atoms with Crippen LogP contribution in [0.1, 0.15) is 24.8 Å². The molecule has 2 aromatic rings. The maximum atomic E-state index is 10.3. The van der Waals surface area contributed by atoms with E-state index in [1.54, 1.807) is 0 Å². The van der Waals surface area contributed by atoms with Gasteiger partial charge in [0, 0.05) is 48.3 Å². The number of anilines is 1. The molecule has 1 saturated carbocycles. The van der Waals surface area contributed by atoms with E-state index in [2.05, 4.69) is 19.9 Å². The first-order valence-electron chi connectivity index (χ1n) is 8.29. The van der Waals surface area contributed by atoms with Gasteiger partial charge in [0.2, 0.25) is 0 Å². The fraction of sp³-hybridized carbons (Fsp3) is 0.625. The van der Waals surface area contributed by atoms with Crippen LogP contribution >= 0.6 is 11.8 Å². The van der Waals surface area contributed by atoms with Crippen molar-refractivity contribution in [1.29, 1.82) is 0 Å². The minimum absolute atomic E-state index is 0.215. The number of H-pyrrole nitrogens is 1. The number of aromatic nitrogens is 3. The van der Waals surface area contributed by atoms with Crippen LogP contribution in [-0.2, 0) is 6.54 Å². The Kier molecular flexibility index (Phi) is 4.17. The van der Waals surface area contributed by atoms with E-state index in [1.165, 1.54) is 25.6 Å². The van der Waals surface area contributed by atoms with E-state index in [9.17, 15) is 5.11 Å². The molecule has 23 heavy (non-hydrogen) atoms. The number of nitrogens with one attached hydrogen (secondary N) is 1. The fourth-order valence-electron chi connectivity index (χ4n) is 3.41. The monoisotopic (exact) mass is 333 g/mol. The lowest BCUT2D eigenvalue weighted by Crippen LogP contribution is -2.23. The van der Waals surface area contributed by atoms with E-state index >= 15 is 0 Å². The Labute approximate surface area is 139 Å². The number of hydrogen-bond acceptors (Lipinski definition) is 6. The molecule has 0 bridgehead atoms. The third kappa shape index (κ3) is 3.05. The molecular formula is C16H23N5OS. The summed E-state index contributed by atoms with van der Waals surface area (Å²) >= 11 is 2.05. The highest BCUT2D eigenvalue weighted by Crippen LogP contribution is 2.34. The Balaban J connectivity index is 1.39. The highest BCUT2D eigenvalue weighted by atomic mass is 32.2. The van der Waals surface area contributed by atoms with Gasteiger partial charge in [0.05, 0.1) is 11.6 Å². The highest BCUT2D eigenvalue weighted by molar-refractivity contribution is 7.99. The standard InChI is InChI=1S/C16H23N5OS/c17-16-15-14(19-9-20-16)10(4-18-15)5-21-6-11(13(22)7-21)8-23-12-2-1-3-12/h4,9,11-13,18,22H,1-3,5-8H2,(H2,17,19,20)/t11-,13-/m1/s1. The van der Waals surface area contributed by atoms with Gasteiger partial charge in [-0.25, -0.2) is 9.97 Å². The average Bonchev–Trinajstić information content (AvgIpc) is 3.03. The molecule has 3 heterocycles. The number of rotatable bonds is 5. The van der Waals surface area contributed by atoms with Crippen molar-refractivity contribution in [3.63, 3.8) is 0 Å². The van der Waals surface area contributed by atoms with E-state index in [1.807, 2.05) is 18.0 Å². The van der Waals surface area contributed by atoms with Crippen molar-refractivity contribution in [3.05, 3.63) is 18.1 Å². The molecule has 4 N–H and O–H groups in total. The van der Waals surface area contributed by atoms with Crippen LogP contribution < -0.4 is 5.73 Å². The summed E-state index contributed by atoms with van der Waals surface area (Å²) in [6.45, 7) is 2.48. The Morgan fingerprint density at radius 2 is 2.22 bits per heavy atom. The third-order valence-corrected chi connectivity index (χ3v) is 6.61. The van der Waals surface area contributed by atoms with Gasteiger partial charge in [-0.1, -0.05) is 6.42 Å². The van der Waals surface area contributed by atoms with Gasteiger partial charge < -0.3 is 15.8 Å². The average molecular weight is 333 g/mol. The van der Waals surface area contributed by atoms with Crippen molar-refractivity contribution >= 4 is 28.6 Å². The molecule has 124 valence electrons. The van der Waals surface area contributed by atoms with Crippen molar-refractivity contribution < 1.29 is 5.11 Å². The van der Waals surface area contributed by atoms with Crippen LogP contribution in [0.4, 0.5) is 5.82 Å². The van der Waals surface area contributed by atoms with Gasteiger partial charge in [0.1, 0.15) is 11.8 Å². The number of aliphatic hydroxyl groups is 1. The number of β-amino-alcohol motifs (C(OH)–C–C–N with tert-alkyl or cyclic N) is 1. The molecule has 1 aliphatic heterocycles. The predicted octanol–water partition coefficient (Wildman–Crippen LogP) is 1.62. The lowest BCUT2D eigenvalue weighted by molar-refractivity contribution is 0.149. The van der Waals surface area contributed by atoms with Crippen molar-refractivity contribution in [1.82, 2.24) is 19.9 Å². The van der Waals surface area contributed by atoms with Crippen molar-refractivity contribution in [3.8, 4) is 0 Å². The Morgan fingerprint density at radius 1 is 1.35 bits per heavy atom. The van der Waals surface area contributed by atoms with Crippen molar-refractivity contribution in [2.24, 2.45) is 5.92 Å². The van der Waals surface area contributed by atoms with Gasteiger partial charge in [-0.15, -0.1) is 0 Å². The van der Waals surface area contributed by atoms with Gasteiger partial charge in [0.15, 0.2) is 5.82 Å². The smallest absolute Gasteiger partial charge is 0.151 e. The number of likely N-dealkylation sites (tertiary alicyclic amines) is 1. The lowest BCUT2D eigenvalue weighted by atomic mass is 10.00. The Hall–Kier alpha value is -1.31. The van der Waals surface area contributed by atoms with E-state index in [0.717, 1.165) is 47.2 Å². The first kappa shape index (κ1) is 15.2. The zero-order valence-corrected chi connectivity index (χ0v) is 13.9. The van der Waals surface area contributed by atoms with Crippen LogP contribution in [0.5, 0.6) is 0 Å². The summed E-state index contributed by atoms with van der Waals surface area (Å²) < 4.78 is 0. The Morgan fingerprint density at radius 3 is 3.00 bits per heavy atom. The number of fused-ring (bicyclic) bond motifs is 1. The molecule has 0 unspecified atom stereocenters. The van der Waals surface area contributed by atoms with Gasteiger partial charge >= 0.3 is 0 Å². The van der Waals surface area contributed by atoms with E-state index in [0.29, 0.717) is 11.7 Å². The second kappa shape index (κ2) is 6.30. The van der Waals surface area contributed by atoms with Crippen LogP contribution in [0.3, 0.4) is 0 Å². The topological polar surface area (TPSA) is 91.1 Å². The van der Waals surface area contributed by atoms with Crippen LogP contribution in [0.2, 0.25) is 0 Å². The predicted molar refractivity (Wildman–Crippen MR) is 93.2 cm³/mol. The molecule has 6 nitrogen and oxygen atoms in total. The molecule has 2 aromatic heterocycles. The maximum Gasteiger partial charge on any atom is 0.151 e. The number of nitrogens with zero attached hydrogens (tertiary/aromatic N) is 3. The third-order valence-electron chi connectivity index (χ3n) is 5.05. The summed E-state index contributed by atoms with van der Waals surface area (Å²) in [6.07, 6.45) is 7.33. The molecule has 2 fully saturated rings. The van der Waals surface area contributed by atoms with Crippen molar-refractivity contribution in [2.45, 2.75) is 37.2 Å². The largest absolute Gasteiger partial charge is 0.391 e. The number of thioether (sulfide) groups is 1. The number of hydrogen-bond donors (Lipinski definition) is 3. The molecule has 1 aliphatic carbocycles. The van der Waals surface area contributed by atoms with Crippen LogP contribution in [0.15, 0.2) is 12.5 Å². The second-order valence-corrected chi connectivity index (χ2v) is 8.04. The summed E-state index contributed by atoms with van der Waals surface area (Å²) in [7, 11) is 0. The van der Waals surface area contributed by atoms with Crippen LogP contribution in [0.25, 0.3) is 11.0 Å². The maximum absolute atomic E-state index is 10.3. The second-order valence-electron chi connectivity index (χ2n) is 6.70. The fourth-order valence-corrected chi connectivity index (χ4v) is 4.92. The van der Waals surface area contributed by atoms with E-state index in [4.69, 9.17) is 5.73 Å². The zero-order valence-electron chi connectivity index (χ0n) is 13.1. The molecule has 7 heteroatoms. The van der Waals surface area contributed by atoms with Gasteiger partial charge in [-0.3, -0.25) is 4.90 Å². The lowest BCUT2D eigenvalue weighted by Gasteiger charge is -2.26. The highest BCUT2D eigenvalue weighted by Gasteiger charge is 2.32. The number of aromatic amines is 1. The molecular weight excluding hydrogens is 310 g/mol. The molecule has 0 spiro atoms. The molecule has 1 saturated heterocycles. The molecule has 0 amide bonds. The summed E-state index contributed by atoms with van der Waals surface area (Å²) in [6, 6.07) is 0. The first-order valence-corrected chi connectivity index (χ1v) is 9.34. The summed E-state index contributed by atoms with van der Waals surface area (Å²) in [5.41, 5.74) is 8.68. The summed E-state index contributed by atoms with van der Waals surface area (Å²) in [5, 5.41) is 11.2. The molecule has 0 aromatic carbocycles. The van der Waals surface area contributed by atoms with Crippen molar-refractivity contribution in [2.75, 3.05) is 24.6 Å². The van der Waals surface area contributed by atoms with E-state index < -0.39 is 0 Å². The minimum Gasteiger partial charge on any atom is -0.391 e. The van der Waals surface area contributed by atoms with Crippen LogP contribution in [0, 0.1) is 5.92 Å². The summed E-state index contributed by atoms with van der Waals surface area (Å²) in [5.74, 6) is 1.94. The minimum atomic E-state index is -0.215. The van der Waals surface area contributed by atoms with Gasteiger partial charge in [-0.05, 0) is 12.8 Å². The zero-order chi connectivity index (χ0) is 15.8.